The second-order valence-corrected chi connectivity index (χ2v) is 6.77. The lowest BCUT2D eigenvalue weighted by atomic mass is 9.55. The van der Waals surface area contributed by atoms with Crippen LogP contribution in [-0.2, 0) is 0 Å². The Balaban J connectivity index is 1.79. The average molecular weight is 252 g/mol. The van der Waals surface area contributed by atoms with Crippen LogP contribution in [0.4, 0.5) is 0 Å². The zero-order valence-corrected chi connectivity index (χ0v) is 11.4. The number of rotatable bonds is 0. The van der Waals surface area contributed by atoms with Crippen LogP contribution < -0.4 is 0 Å². The van der Waals surface area contributed by atoms with Crippen molar-refractivity contribution in [1.29, 1.82) is 0 Å². The quantitative estimate of drug-likeness (QED) is 0.627. The van der Waals surface area contributed by atoms with E-state index in [1.165, 1.54) is 24.8 Å². The topological polar surface area (TPSA) is 17.1 Å². The molecule has 0 heterocycles. The molecule has 0 aromatic heterocycles. The van der Waals surface area contributed by atoms with Crippen molar-refractivity contribution in [3.8, 4) is 0 Å². The maximum absolute atomic E-state index is 12.4. The van der Waals surface area contributed by atoms with E-state index in [1.807, 2.05) is 12.1 Å². The van der Waals surface area contributed by atoms with Gasteiger partial charge in [-0.05, 0) is 48.0 Å². The van der Waals surface area contributed by atoms with Gasteiger partial charge in [0.15, 0.2) is 5.78 Å². The van der Waals surface area contributed by atoms with E-state index in [0.717, 1.165) is 12.0 Å². The lowest BCUT2D eigenvalue weighted by Gasteiger charge is -2.48. The van der Waals surface area contributed by atoms with Gasteiger partial charge in [0, 0.05) is 12.0 Å². The number of hydrogen-bond acceptors (Lipinski definition) is 1. The molecule has 0 aliphatic heterocycles. The summed E-state index contributed by atoms with van der Waals surface area (Å²) in [6, 6.07) is 8.31. The summed E-state index contributed by atoms with van der Waals surface area (Å²) in [5, 5.41) is 0. The molecular formula is C18H20O. The van der Waals surface area contributed by atoms with E-state index < -0.39 is 0 Å². The Labute approximate surface area is 114 Å². The van der Waals surface area contributed by atoms with Crippen molar-refractivity contribution in [2.75, 3.05) is 0 Å². The maximum Gasteiger partial charge on any atom is 0.163 e. The zero-order chi connectivity index (χ0) is 13.0. The molecule has 1 fully saturated rings. The van der Waals surface area contributed by atoms with Gasteiger partial charge in [-0.1, -0.05) is 43.3 Å². The minimum Gasteiger partial charge on any atom is -0.294 e. The second kappa shape index (κ2) is 3.82. The van der Waals surface area contributed by atoms with Crippen LogP contribution in [0, 0.1) is 17.3 Å². The van der Waals surface area contributed by atoms with Crippen LogP contribution in [0.15, 0.2) is 36.4 Å². The number of hydrogen-bond donors (Lipinski definition) is 0. The van der Waals surface area contributed by atoms with Crippen molar-refractivity contribution in [2.24, 2.45) is 17.3 Å². The Hall–Kier alpha value is -1.37. The molecule has 0 unspecified atom stereocenters. The van der Waals surface area contributed by atoms with E-state index in [-0.39, 0.29) is 0 Å². The van der Waals surface area contributed by atoms with Crippen LogP contribution in [-0.4, -0.2) is 5.78 Å². The number of benzene rings is 1. The molecule has 0 spiro atoms. The Kier molecular flexibility index (Phi) is 2.30. The van der Waals surface area contributed by atoms with E-state index >= 15 is 0 Å². The van der Waals surface area contributed by atoms with E-state index in [2.05, 4.69) is 31.2 Å². The number of ketones is 1. The minimum absolute atomic E-state index is 0.355. The summed E-state index contributed by atoms with van der Waals surface area (Å²) in [4.78, 5) is 12.4. The van der Waals surface area contributed by atoms with Crippen molar-refractivity contribution in [1.82, 2.24) is 0 Å². The lowest BCUT2D eigenvalue weighted by molar-refractivity contribution is 0.0659. The standard InChI is InChI=1S/C18H20O/c1-18-9-4-7-16(18)15-11-17(19)14-6-3-2-5-12(14)13(15)8-10-18/h2-6,9,13,15-16H,7-8,10-11H2,1H3/t13-,15-,16+,18+/m1/s1. The first kappa shape index (κ1) is 11.5. The molecule has 1 heteroatoms. The summed E-state index contributed by atoms with van der Waals surface area (Å²) >= 11 is 0. The van der Waals surface area contributed by atoms with Gasteiger partial charge in [-0.25, -0.2) is 0 Å². The van der Waals surface area contributed by atoms with Crippen molar-refractivity contribution in [3.63, 3.8) is 0 Å². The summed E-state index contributed by atoms with van der Waals surface area (Å²) in [6.07, 6.45) is 9.22. The summed E-state index contributed by atoms with van der Waals surface area (Å²) < 4.78 is 0. The number of fused-ring (bicyclic) bond motifs is 5. The molecule has 3 aliphatic rings. The van der Waals surface area contributed by atoms with Crippen LogP contribution in [0.1, 0.15) is 54.4 Å². The highest BCUT2D eigenvalue weighted by Gasteiger charge is 2.49. The zero-order valence-electron chi connectivity index (χ0n) is 11.4. The van der Waals surface area contributed by atoms with Gasteiger partial charge in [-0.15, -0.1) is 0 Å². The molecule has 0 N–H and O–H groups in total. The summed E-state index contributed by atoms with van der Waals surface area (Å²) in [5.41, 5.74) is 2.68. The van der Waals surface area contributed by atoms with E-state index in [0.29, 0.717) is 29.0 Å². The van der Waals surface area contributed by atoms with Crippen molar-refractivity contribution >= 4 is 5.78 Å². The summed E-state index contributed by atoms with van der Waals surface area (Å²) in [7, 11) is 0. The van der Waals surface area contributed by atoms with Gasteiger partial charge < -0.3 is 0 Å². The molecule has 1 aromatic carbocycles. The highest BCUT2D eigenvalue weighted by atomic mass is 16.1. The Morgan fingerprint density at radius 3 is 3.00 bits per heavy atom. The predicted octanol–water partition coefficient (Wildman–Crippen LogP) is 4.35. The fourth-order valence-corrected chi connectivity index (χ4v) is 4.84. The fourth-order valence-electron chi connectivity index (χ4n) is 4.84. The van der Waals surface area contributed by atoms with Crippen LogP contribution in [0.2, 0.25) is 0 Å². The van der Waals surface area contributed by atoms with E-state index in [1.54, 1.807) is 0 Å². The minimum atomic E-state index is 0.355. The number of carbonyl (C=O) groups is 1. The van der Waals surface area contributed by atoms with E-state index in [9.17, 15) is 4.79 Å². The number of carbonyl (C=O) groups excluding carboxylic acids is 1. The van der Waals surface area contributed by atoms with Crippen molar-refractivity contribution in [2.45, 2.75) is 38.5 Å². The summed E-state index contributed by atoms with van der Waals surface area (Å²) in [5.74, 6) is 2.24. The van der Waals surface area contributed by atoms with Gasteiger partial charge >= 0.3 is 0 Å². The van der Waals surface area contributed by atoms with Crippen LogP contribution in [0.3, 0.4) is 0 Å². The molecular weight excluding hydrogens is 232 g/mol. The maximum atomic E-state index is 12.4. The van der Waals surface area contributed by atoms with Crippen LogP contribution in [0.25, 0.3) is 0 Å². The highest BCUT2D eigenvalue weighted by Crippen LogP contribution is 2.58. The third-order valence-electron chi connectivity index (χ3n) is 5.85. The molecule has 0 saturated heterocycles. The van der Waals surface area contributed by atoms with Gasteiger partial charge in [-0.3, -0.25) is 4.79 Å². The normalized spacial score (nSPS) is 39.6. The van der Waals surface area contributed by atoms with E-state index in [4.69, 9.17) is 0 Å². The Morgan fingerprint density at radius 2 is 2.11 bits per heavy atom. The molecule has 0 radical (unpaired) electrons. The first-order chi connectivity index (χ1) is 9.19. The third kappa shape index (κ3) is 1.51. The fraction of sp³-hybridized carbons (Fsp3) is 0.500. The SMILES string of the molecule is C[C@@]12C=CC[C@H]1[C@@H]1CC(=O)c3ccccc3[C@H]1CC2. The van der Waals surface area contributed by atoms with Gasteiger partial charge in [0.25, 0.3) is 0 Å². The number of allylic oxidation sites excluding steroid dienone is 2. The molecule has 1 aromatic rings. The lowest BCUT2D eigenvalue weighted by Crippen LogP contribution is -2.41. The Bertz CT molecular complexity index is 571. The molecule has 4 atom stereocenters. The third-order valence-corrected chi connectivity index (χ3v) is 5.85. The molecule has 1 saturated carbocycles. The molecule has 3 aliphatic carbocycles. The molecule has 0 amide bonds. The van der Waals surface area contributed by atoms with Crippen molar-refractivity contribution in [3.05, 3.63) is 47.5 Å². The highest BCUT2D eigenvalue weighted by molar-refractivity contribution is 5.99. The van der Waals surface area contributed by atoms with Gasteiger partial charge in [0.1, 0.15) is 0 Å². The van der Waals surface area contributed by atoms with Crippen molar-refractivity contribution < 1.29 is 4.79 Å². The first-order valence-corrected chi connectivity index (χ1v) is 7.49. The Morgan fingerprint density at radius 1 is 1.26 bits per heavy atom. The molecule has 4 rings (SSSR count). The molecule has 98 valence electrons. The number of Topliss-reactive ketones (excluding diaryl/α,β-unsaturated/α-hetero) is 1. The van der Waals surface area contributed by atoms with Gasteiger partial charge in [-0.2, -0.15) is 0 Å². The molecule has 1 nitrogen and oxygen atoms in total. The second-order valence-electron chi connectivity index (χ2n) is 6.77. The monoisotopic (exact) mass is 252 g/mol. The largest absolute Gasteiger partial charge is 0.294 e. The van der Waals surface area contributed by atoms with Crippen LogP contribution >= 0.6 is 0 Å². The first-order valence-electron chi connectivity index (χ1n) is 7.49. The smallest absolute Gasteiger partial charge is 0.163 e. The molecule has 0 bridgehead atoms. The van der Waals surface area contributed by atoms with Gasteiger partial charge in [0.05, 0.1) is 0 Å². The molecule has 19 heavy (non-hydrogen) atoms. The summed E-state index contributed by atoms with van der Waals surface area (Å²) in [6.45, 7) is 2.39. The van der Waals surface area contributed by atoms with Gasteiger partial charge in [0.2, 0.25) is 0 Å². The van der Waals surface area contributed by atoms with Crippen LogP contribution in [0.5, 0.6) is 0 Å². The average Bonchev–Trinajstić information content (AvgIpc) is 2.81. The predicted molar refractivity (Wildman–Crippen MR) is 76.2 cm³/mol.